The molecule has 0 radical (unpaired) electrons. The van der Waals surface area contributed by atoms with E-state index >= 15 is 0 Å². The van der Waals surface area contributed by atoms with Crippen LogP contribution in [0.2, 0.25) is 0 Å². The van der Waals surface area contributed by atoms with Gasteiger partial charge in [0.25, 0.3) is 5.56 Å². The third kappa shape index (κ3) is 4.31. The fraction of sp³-hybridized carbons (Fsp3) is 0.529. The van der Waals surface area contributed by atoms with E-state index in [1.165, 1.54) is 0 Å². The smallest absolute Gasteiger partial charge is 0.260 e. The number of para-hydroxylation sites is 1. The molecule has 0 amide bonds. The van der Waals surface area contributed by atoms with Crippen LogP contribution in [-0.4, -0.2) is 40.5 Å². The number of benzene rings is 1. The van der Waals surface area contributed by atoms with Gasteiger partial charge in [0.15, 0.2) is 0 Å². The highest BCUT2D eigenvalue weighted by atomic mass is 16.1. The van der Waals surface area contributed by atoms with Crippen LogP contribution in [0.5, 0.6) is 0 Å². The average molecular weight is 302 g/mol. The average Bonchev–Trinajstić information content (AvgIpc) is 2.51. The third-order valence-electron chi connectivity index (χ3n) is 4.00. The van der Waals surface area contributed by atoms with Crippen molar-refractivity contribution in [1.29, 1.82) is 0 Å². The minimum Gasteiger partial charge on any atom is -0.353 e. The predicted octanol–water partition coefficient (Wildman–Crippen LogP) is 2.85. The SMILES string of the molecule is CCN(CC)CCCC(C)Nc1nc2ccccc2c(=O)[nH]1. The maximum absolute atomic E-state index is 12.0. The van der Waals surface area contributed by atoms with Crippen molar-refractivity contribution in [2.75, 3.05) is 25.0 Å². The topological polar surface area (TPSA) is 61.0 Å². The molecule has 5 nitrogen and oxygen atoms in total. The van der Waals surface area contributed by atoms with Gasteiger partial charge in [0.1, 0.15) is 0 Å². The summed E-state index contributed by atoms with van der Waals surface area (Å²) in [6.45, 7) is 9.80. The summed E-state index contributed by atoms with van der Waals surface area (Å²) >= 11 is 0. The largest absolute Gasteiger partial charge is 0.353 e. The maximum atomic E-state index is 12.0. The molecule has 0 fully saturated rings. The van der Waals surface area contributed by atoms with Crippen molar-refractivity contribution in [1.82, 2.24) is 14.9 Å². The summed E-state index contributed by atoms with van der Waals surface area (Å²) in [6, 6.07) is 7.67. The molecule has 22 heavy (non-hydrogen) atoms. The highest BCUT2D eigenvalue weighted by molar-refractivity contribution is 5.78. The summed E-state index contributed by atoms with van der Waals surface area (Å²) in [5, 5.41) is 3.93. The van der Waals surface area contributed by atoms with Gasteiger partial charge in [-0.1, -0.05) is 26.0 Å². The lowest BCUT2D eigenvalue weighted by atomic mass is 10.2. The number of aromatic amines is 1. The molecular weight excluding hydrogens is 276 g/mol. The van der Waals surface area contributed by atoms with Crippen LogP contribution < -0.4 is 10.9 Å². The van der Waals surface area contributed by atoms with Crippen molar-refractivity contribution in [2.24, 2.45) is 0 Å². The Kier molecular flexibility index (Phi) is 5.95. The van der Waals surface area contributed by atoms with E-state index in [0.717, 1.165) is 38.0 Å². The Labute approximate surface area is 131 Å². The molecule has 0 aliphatic heterocycles. The molecule has 1 aromatic heterocycles. The Morgan fingerprint density at radius 2 is 2.00 bits per heavy atom. The summed E-state index contributed by atoms with van der Waals surface area (Å²) in [6.07, 6.45) is 2.18. The number of aromatic nitrogens is 2. The van der Waals surface area contributed by atoms with Gasteiger partial charge in [-0.15, -0.1) is 0 Å². The van der Waals surface area contributed by atoms with Crippen LogP contribution in [0.4, 0.5) is 5.95 Å². The van der Waals surface area contributed by atoms with Crippen LogP contribution >= 0.6 is 0 Å². The highest BCUT2D eigenvalue weighted by Gasteiger charge is 2.07. The molecule has 120 valence electrons. The number of anilines is 1. The van der Waals surface area contributed by atoms with E-state index in [1.54, 1.807) is 6.07 Å². The maximum Gasteiger partial charge on any atom is 0.260 e. The van der Waals surface area contributed by atoms with Crippen molar-refractivity contribution in [3.8, 4) is 0 Å². The molecule has 1 aromatic carbocycles. The fourth-order valence-corrected chi connectivity index (χ4v) is 2.62. The molecular formula is C17H26N4O. The first-order valence-electron chi connectivity index (χ1n) is 8.12. The van der Waals surface area contributed by atoms with Gasteiger partial charge in [0.05, 0.1) is 10.9 Å². The van der Waals surface area contributed by atoms with Crippen LogP contribution in [0, 0.1) is 0 Å². The summed E-state index contributed by atoms with van der Waals surface area (Å²) < 4.78 is 0. The van der Waals surface area contributed by atoms with Crippen molar-refractivity contribution in [2.45, 2.75) is 39.7 Å². The van der Waals surface area contributed by atoms with Gasteiger partial charge in [0, 0.05) is 6.04 Å². The number of nitrogens with one attached hydrogen (secondary N) is 2. The van der Waals surface area contributed by atoms with Crippen molar-refractivity contribution < 1.29 is 0 Å². The standard InChI is InChI=1S/C17H26N4O/c1-4-21(5-2)12-8-9-13(3)18-17-19-15-11-7-6-10-14(15)16(22)20-17/h6-7,10-11,13H,4-5,8-9,12H2,1-3H3,(H2,18,19,20,22). The summed E-state index contributed by atoms with van der Waals surface area (Å²) in [5.74, 6) is 0.555. The Balaban J connectivity index is 1.94. The van der Waals surface area contributed by atoms with Gasteiger partial charge >= 0.3 is 0 Å². The zero-order valence-electron chi connectivity index (χ0n) is 13.7. The van der Waals surface area contributed by atoms with Gasteiger partial charge in [-0.3, -0.25) is 9.78 Å². The molecule has 0 spiro atoms. The van der Waals surface area contributed by atoms with E-state index in [0.29, 0.717) is 11.3 Å². The molecule has 5 heteroatoms. The highest BCUT2D eigenvalue weighted by Crippen LogP contribution is 2.10. The molecule has 2 N–H and O–H groups in total. The molecule has 2 rings (SSSR count). The number of H-pyrrole nitrogens is 1. The molecule has 1 atom stereocenters. The second kappa shape index (κ2) is 7.94. The van der Waals surface area contributed by atoms with E-state index in [1.807, 2.05) is 18.2 Å². The van der Waals surface area contributed by atoms with Gasteiger partial charge in [-0.05, 0) is 51.5 Å². The first-order chi connectivity index (χ1) is 10.6. The van der Waals surface area contributed by atoms with Gasteiger partial charge in [-0.2, -0.15) is 0 Å². The van der Waals surface area contributed by atoms with Crippen molar-refractivity contribution >= 4 is 16.9 Å². The summed E-state index contributed by atoms with van der Waals surface area (Å²) in [5.41, 5.74) is 0.632. The molecule has 0 aliphatic rings. The summed E-state index contributed by atoms with van der Waals surface area (Å²) in [7, 11) is 0. The Morgan fingerprint density at radius 1 is 1.27 bits per heavy atom. The molecule has 0 aliphatic carbocycles. The number of fused-ring (bicyclic) bond motifs is 1. The minimum absolute atomic E-state index is 0.0940. The zero-order valence-corrected chi connectivity index (χ0v) is 13.7. The molecule has 1 heterocycles. The lowest BCUT2D eigenvalue weighted by Crippen LogP contribution is -2.26. The monoisotopic (exact) mass is 302 g/mol. The first kappa shape index (κ1) is 16.5. The second-order valence-electron chi connectivity index (χ2n) is 5.65. The second-order valence-corrected chi connectivity index (χ2v) is 5.65. The van der Waals surface area contributed by atoms with E-state index in [2.05, 4.69) is 41.0 Å². The van der Waals surface area contributed by atoms with Crippen LogP contribution in [0.25, 0.3) is 10.9 Å². The number of rotatable bonds is 8. The molecule has 2 aromatic rings. The van der Waals surface area contributed by atoms with E-state index in [9.17, 15) is 4.79 Å². The van der Waals surface area contributed by atoms with Crippen LogP contribution in [0.3, 0.4) is 0 Å². The van der Waals surface area contributed by atoms with Gasteiger partial charge in [-0.25, -0.2) is 4.98 Å². The zero-order chi connectivity index (χ0) is 15.9. The van der Waals surface area contributed by atoms with Crippen LogP contribution in [0.1, 0.15) is 33.6 Å². The predicted molar refractivity (Wildman–Crippen MR) is 92.5 cm³/mol. The van der Waals surface area contributed by atoms with Crippen LogP contribution in [-0.2, 0) is 0 Å². The first-order valence-corrected chi connectivity index (χ1v) is 8.12. The lowest BCUT2D eigenvalue weighted by molar-refractivity contribution is 0.295. The van der Waals surface area contributed by atoms with Crippen molar-refractivity contribution in [3.05, 3.63) is 34.6 Å². The Morgan fingerprint density at radius 3 is 2.73 bits per heavy atom. The van der Waals surface area contributed by atoms with Gasteiger partial charge in [0.2, 0.25) is 5.95 Å². The number of hydrogen-bond acceptors (Lipinski definition) is 4. The third-order valence-corrected chi connectivity index (χ3v) is 4.00. The van der Waals surface area contributed by atoms with E-state index < -0.39 is 0 Å². The number of nitrogens with zero attached hydrogens (tertiary/aromatic N) is 2. The fourth-order valence-electron chi connectivity index (χ4n) is 2.62. The van der Waals surface area contributed by atoms with E-state index in [-0.39, 0.29) is 11.6 Å². The molecule has 0 saturated carbocycles. The number of hydrogen-bond donors (Lipinski definition) is 2. The lowest BCUT2D eigenvalue weighted by Gasteiger charge is -2.20. The normalized spacial score (nSPS) is 12.7. The van der Waals surface area contributed by atoms with Gasteiger partial charge < -0.3 is 10.2 Å². The van der Waals surface area contributed by atoms with Crippen LogP contribution in [0.15, 0.2) is 29.1 Å². The Hall–Kier alpha value is -1.88. The molecule has 0 saturated heterocycles. The Bertz CT molecular complexity index is 648. The quantitative estimate of drug-likeness (QED) is 0.787. The molecule has 1 unspecified atom stereocenters. The minimum atomic E-state index is -0.0940. The van der Waals surface area contributed by atoms with Crippen molar-refractivity contribution in [3.63, 3.8) is 0 Å². The van der Waals surface area contributed by atoms with E-state index in [4.69, 9.17) is 0 Å². The summed E-state index contributed by atoms with van der Waals surface area (Å²) in [4.78, 5) is 21.7. The molecule has 0 bridgehead atoms.